The lowest BCUT2D eigenvalue weighted by Gasteiger charge is -2.18. The van der Waals surface area contributed by atoms with Crippen LogP contribution >= 0.6 is 7.37 Å². The summed E-state index contributed by atoms with van der Waals surface area (Å²) in [7, 11) is -3.61. The van der Waals surface area contributed by atoms with Crippen molar-refractivity contribution in [2.24, 2.45) is 5.92 Å². The Kier molecular flexibility index (Phi) is 10.1. The number of esters is 1. The van der Waals surface area contributed by atoms with Crippen LogP contribution in [0.25, 0.3) is 0 Å². The average molecular weight is 339 g/mol. The molecule has 130 valence electrons. The van der Waals surface area contributed by atoms with Crippen LogP contribution in [0.5, 0.6) is 0 Å². The van der Waals surface area contributed by atoms with Crippen LogP contribution in [-0.2, 0) is 18.8 Å². The number of carbonyl (C=O) groups excluding carboxylic acids is 2. The van der Waals surface area contributed by atoms with Crippen molar-refractivity contribution in [3.8, 4) is 0 Å². The van der Waals surface area contributed by atoms with Gasteiger partial charge in [0.1, 0.15) is 5.85 Å². The SMILES string of the molecule is CCCCP(=O)(O)[C@H](O)CCNC(=O)OCOC(=O)C(C)C. The molecule has 0 rings (SSSR count). The molecule has 0 bridgehead atoms. The molecule has 0 aliphatic rings. The van der Waals surface area contributed by atoms with E-state index in [1.54, 1.807) is 13.8 Å². The fourth-order valence-electron chi connectivity index (χ4n) is 1.40. The number of nitrogens with one attached hydrogen (secondary N) is 1. The van der Waals surface area contributed by atoms with Gasteiger partial charge >= 0.3 is 12.1 Å². The summed E-state index contributed by atoms with van der Waals surface area (Å²) in [5.74, 6) is -2.18. The van der Waals surface area contributed by atoms with Crippen LogP contribution in [-0.4, -0.2) is 47.4 Å². The zero-order valence-electron chi connectivity index (χ0n) is 13.3. The van der Waals surface area contributed by atoms with E-state index in [1.807, 2.05) is 6.92 Å². The average Bonchev–Trinajstić information content (AvgIpc) is 2.44. The van der Waals surface area contributed by atoms with Crippen molar-refractivity contribution >= 4 is 19.4 Å². The minimum absolute atomic E-state index is 0.0190. The van der Waals surface area contributed by atoms with Crippen LogP contribution in [0.3, 0.4) is 0 Å². The van der Waals surface area contributed by atoms with Crippen molar-refractivity contribution < 1.29 is 33.6 Å². The highest BCUT2D eigenvalue weighted by molar-refractivity contribution is 7.58. The van der Waals surface area contributed by atoms with Gasteiger partial charge in [-0.1, -0.05) is 27.2 Å². The molecule has 9 heteroatoms. The monoisotopic (exact) mass is 339 g/mol. The van der Waals surface area contributed by atoms with E-state index < -0.39 is 32.1 Å². The van der Waals surface area contributed by atoms with Crippen molar-refractivity contribution in [1.29, 1.82) is 0 Å². The summed E-state index contributed by atoms with van der Waals surface area (Å²) in [6, 6.07) is 0. The van der Waals surface area contributed by atoms with Gasteiger partial charge in [-0.05, 0) is 6.42 Å². The molecule has 2 atom stereocenters. The second-order valence-corrected chi connectivity index (χ2v) is 7.75. The molecule has 0 aliphatic carbocycles. The molecule has 0 heterocycles. The Bertz CT molecular complexity index is 400. The number of aliphatic hydroxyl groups excluding tert-OH is 1. The molecule has 0 spiro atoms. The van der Waals surface area contributed by atoms with E-state index in [1.165, 1.54) is 0 Å². The molecule has 0 aliphatic heterocycles. The summed E-state index contributed by atoms with van der Waals surface area (Å²) in [5, 5.41) is 12.0. The summed E-state index contributed by atoms with van der Waals surface area (Å²) in [5.41, 5.74) is 0. The topological polar surface area (TPSA) is 122 Å². The summed E-state index contributed by atoms with van der Waals surface area (Å²) in [4.78, 5) is 32.0. The number of hydrogen-bond acceptors (Lipinski definition) is 6. The van der Waals surface area contributed by atoms with Gasteiger partial charge in [-0.15, -0.1) is 0 Å². The molecule has 0 aromatic carbocycles. The van der Waals surface area contributed by atoms with Crippen molar-refractivity contribution in [1.82, 2.24) is 5.32 Å². The van der Waals surface area contributed by atoms with E-state index in [-0.39, 0.29) is 25.0 Å². The molecular formula is C13H26NO7P. The lowest BCUT2D eigenvalue weighted by Crippen LogP contribution is -2.29. The Balaban J connectivity index is 3.88. The molecule has 0 radical (unpaired) electrons. The molecule has 22 heavy (non-hydrogen) atoms. The van der Waals surface area contributed by atoms with Crippen molar-refractivity contribution in [3.05, 3.63) is 0 Å². The number of carbonyl (C=O) groups is 2. The van der Waals surface area contributed by atoms with Gasteiger partial charge in [-0.25, -0.2) is 4.79 Å². The third kappa shape index (κ3) is 9.02. The Morgan fingerprint density at radius 1 is 1.27 bits per heavy atom. The fraction of sp³-hybridized carbons (Fsp3) is 0.846. The Labute approximate surface area is 130 Å². The minimum atomic E-state index is -3.61. The normalized spacial score (nSPS) is 15.0. The molecule has 0 aromatic heterocycles. The van der Waals surface area contributed by atoms with Gasteiger partial charge in [0, 0.05) is 19.1 Å². The Morgan fingerprint density at radius 3 is 2.45 bits per heavy atom. The molecule has 3 N–H and O–H groups in total. The molecule has 0 fully saturated rings. The Hall–Kier alpha value is -1.11. The van der Waals surface area contributed by atoms with E-state index in [0.29, 0.717) is 6.42 Å². The first-order valence-corrected chi connectivity index (χ1v) is 9.19. The van der Waals surface area contributed by atoms with Crippen LogP contribution in [0.4, 0.5) is 4.79 Å². The number of alkyl carbamates (subject to hydrolysis) is 1. The van der Waals surface area contributed by atoms with E-state index in [4.69, 9.17) is 0 Å². The third-order valence-corrected chi connectivity index (χ3v) is 4.98. The summed E-state index contributed by atoms with van der Waals surface area (Å²) < 4.78 is 21.0. The summed E-state index contributed by atoms with van der Waals surface area (Å²) in [6.07, 6.45) is 0.488. The van der Waals surface area contributed by atoms with E-state index in [2.05, 4.69) is 14.8 Å². The van der Waals surface area contributed by atoms with Crippen LogP contribution in [0.2, 0.25) is 0 Å². The molecule has 0 saturated carbocycles. The molecule has 0 aromatic rings. The second-order valence-electron chi connectivity index (χ2n) is 5.20. The van der Waals surface area contributed by atoms with Crippen LogP contribution in [0, 0.1) is 5.92 Å². The lowest BCUT2D eigenvalue weighted by molar-refractivity contribution is -0.155. The quantitative estimate of drug-likeness (QED) is 0.314. The van der Waals surface area contributed by atoms with Gasteiger partial charge in [0.05, 0.1) is 5.92 Å². The highest BCUT2D eigenvalue weighted by Gasteiger charge is 2.27. The molecule has 1 unspecified atom stereocenters. The van der Waals surface area contributed by atoms with Crippen LogP contribution < -0.4 is 5.32 Å². The molecule has 1 amide bonds. The number of unbranched alkanes of at least 4 members (excludes halogenated alkanes) is 1. The number of amides is 1. The Morgan fingerprint density at radius 2 is 1.91 bits per heavy atom. The van der Waals surface area contributed by atoms with E-state index in [0.717, 1.165) is 6.42 Å². The maximum absolute atomic E-state index is 11.8. The number of rotatable bonds is 10. The number of hydrogen-bond donors (Lipinski definition) is 3. The number of ether oxygens (including phenoxy) is 2. The van der Waals surface area contributed by atoms with Gasteiger partial charge < -0.3 is 24.8 Å². The van der Waals surface area contributed by atoms with Gasteiger partial charge in [-0.2, -0.15) is 0 Å². The highest BCUT2D eigenvalue weighted by atomic mass is 31.2. The standard InChI is InChI=1S/C13H26NO7P/c1-4-5-8-22(18,19)11(15)6-7-14-13(17)21-9-20-12(16)10(2)3/h10-11,15H,4-9H2,1-3H3,(H,14,17)(H,18,19)/t11-/m0/s1. The minimum Gasteiger partial charge on any atom is -0.428 e. The van der Waals surface area contributed by atoms with Crippen LogP contribution in [0.1, 0.15) is 40.0 Å². The predicted molar refractivity (Wildman–Crippen MR) is 80.5 cm³/mol. The molecule has 0 saturated heterocycles. The molecular weight excluding hydrogens is 313 g/mol. The maximum atomic E-state index is 11.8. The first-order chi connectivity index (χ1) is 10.2. The lowest BCUT2D eigenvalue weighted by atomic mass is 10.2. The van der Waals surface area contributed by atoms with Gasteiger partial charge in [0.25, 0.3) is 0 Å². The van der Waals surface area contributed by atoms with Crippen molar-refractivity contribution in [2.45, 2.75) is 45.9 Å². The third-order valence-electron chi connectivity index (χ3n) is 2.83. The highest BCUT2D eigenvalue weighted by Crippen LogP contribution is 2.46. The van der Waals surface area contributed by atoms with Gasteiger partial charge in [-0.3, -0.25) is 9.36 Å². The fourth-order valence-corrected chi connectivity index (χ4v) is 3.00. The predicted octanol–water partition coefficient (Wildman–Crippen LogP) is 1.65. The van der Waals surface area contributed by atoms with Crippen LogP contribution in [0.15, 0.2) is 0 Å². The van der Waals surface area contributed by atoms with E-state index in [9.17, 15) is 24.2 Å². The second kappa shape index (κ2) is 10.6. The zero-order chi connectivity index (χ0) is 17.2. The first kappa shape index (κ1) is 20.9. The molecule has 8 nitrogen and oxygen atoms in total. The van der Waals surface area contributed by atoms with Gasteiger partial charge in [0.2, 0.25) is 14.2 Å². The first-order valence-electron chi connectivity index (χ1n) is 7.27. The van der Waals surface area contributed by atoms with E-state index >= 15 is 0 Å². The zero-order valence-corrected chi connectivity index (χ0v) is 14.2. The van der Waals surface area contributed by atoms with Gasteiger partial charge in [0.15, 0.2) is 0 Å². The summed E-state index contributed by atoms with van der Waals surface area (Å²) >= 11 is 0. The van der Waals surface area contributed by atoms with Crippen molar-refractivity contribution in [3.63, 3.8) is 0 Å². The largest absolute Gasteiger partial charge is 0.428 e. The van der Waals surface area contributed by atoms with Crippen molar-refractivity contribution in [2.75, 3.05) is 19.5 Å². The smallest absolute Gasteiger partial charge is 0.410 e. The number of aliphatic hydroxyl groups is 1. The summed E-state index contributed by atoms with van der Waals surface area (Å²) in [6.45, 7) is 4.66. The maximum Gasteiger partial charge on any atom is 0.410 e.